The topological polar surface area (TPSA) is 73.9 Å². The Kier molecular flexibility index (Phi) is 10.2. The van der Waals surface area contributed by atoms with E-state index in [0.717, 1.165) is 58.4 Å². The van der Waals surface area contributed by atoms with Crippen molar-refractivity contribution in [3.05, 3.63) is 35.9 Å². The van der Waals surface area contributed by atoms with Gasteiger partial charge in [0.25, 0.3) is 0 Å². The molecule has 1 heterocycles. The average Bonchev–Trinajstić information content (AvgIpc) is 2.54. The average molecular weight is 432 g/mol. The summed E-state index contributed by atoms with van der Waals surface area (Å²) in [5.41, 5.74) is 7.17. The third-order valence-corrected chi connectivity index (χ3v) is 4.03. The molecule has 1 aliphatic heterocycles. The molecule has 0 radical (unpaired) electrons. The van der Waals surface area contributed by atoms with Gasteiger partial charge in [-0.1, -0.05) is 30.3 Å². The second-order valence-corrected chi connectivity index (χ2v) is 5.86. The molecule has 6 heteroatoms. The summed E-state index contributed by atoms with van der Waals surface area (Å²) in [7, 11) is 0. The van der Waals surface area contributed by atoms with Crippen molar-refractivity contribution < 1.29 is 5.11 Å². The lowest BCUT2D eigenvalue weighted by Gasteiger charge is -2.29. The van der Waals surface area contributed by atoms with Crippen molar-refractivity contribution in [3.63, 3.8) is 0 Å². The van der Waals surface area contributed by atoms with E-state index in [4.69, 9.17) is 5.73 Å². The monoisotopic (exact) mass is 432 g/mol. The van der Waals surface area contributed by atoms with E-state index >= 15 is 0 Å². The predicted molar refractivity (Wildman–Crippen MR) is 106 cm³/mol. The molecule has 0 aliphatic carbocycles. The van der Waals surface area contributed by atoms with Crippen molar-refractivity contribution in [2.24, 2.45) is 10.7 Å². The molecule has 1 saturated heterocycles. The molecule has 1 aromatic carbocycles. The van der Waals surface area contributed by atoms with Crippen LogP contribution in [0, 0.1) is 0 Å². The van der Waals surface area contributed by atoms with Crippen LogP contribution >= 0.6 is 24.0 Å². The summed E-state index contributed by atoms with van der Waals surface area (Å²) in [4.78, 5) is 6.75. The second kappa shape index (κ2) is 11.6. The maximum Gasteiger partial charge on any atom is 0.188 e. The summed E-state index contributed by atoms with van der Waals surface area (Å²) in [6, 6.07) is 10.4. The number of benzene rings is 1. The molecule has 1 aliphatic rings. The normalized spacial score (nSPS) is 16.8. The van der Waals surface area contributed by atoms with Crippen molar-refractivity contribution >= 4 is 29.9 Å². The van der Waals surface area contributed by atoms with Crippen molar-refractivity contribution in [1.82, 2.24) is 10.2 Å². The number of rotatable bonds is 7. The highest BCUT2D eigenvalue weighted by molar-refractivity contribution is 14.0. The van der Waals surface area contributed by atoms with Crippen LogP contribution in [0.4, 0.5) is 0 Å². The molecule has 4 N–H and O–H groups in total. The number of hydrogen-bond acceptors (Lipinski definition) is 3. The van der Waals surface area contributed by atoms with Gasteiger partial charge in [-0.2, -0.15) is 0 Å². The Bertz CT molecular complexity index is 447. The molecule has 1 fully saturated rings. The minimum Gasteiger partial charge on any atom is -0.393 e. The van der Waals surface area contributed by atoms with Crippen molar-refractivity contribution in [2.75, 3.05) is 32.7 Å². The Balaban J connectivity index is 0.00000264. The number of nitrogens with one attached hydrogen (secondary N) is 1. The first-order valence-corrected chi connectivity index (χ1v) is 8.22. The molecule has 0 spiro atoms. The van der Waals surface area contributed by atoms with E-state index < -0.39 is 0 Å². The lowest BCUT2D eigenvalue weighted by molar-refractivity contribution is 0.0824. The molecule has 0 aromatic heterocycles. The van der Waals surface area contributed by atoms with Crippen LogP contribution in [0.25, 0.3) is 0 Å². The van der Waals surface area contributed by atoms with E-state index in [1.807, 2.05) is 18.2 Å². The van der Waals surface area contributed by atoms with Gasteiger partial charge < -0.3 is 21.1 Å². The van der Waals surface area contributed by atoms with Gasteiger partial charge in [0.2, 0.25) is 0 Å². The first-order valence-electron chi connectivity index (χ1n) is 8.22. The molecule has 0 saturated carbocycles. The number of nitrogens with two attached hydrogens (primary N) is 1. The van der Waals surface area contributed by atoms with Crippen LogP contribution in [0.2, 0.25) is 0 Å². The zero-order valence-corrected chi connectivity index (χ0v) is 16.0. The van der Waals surface area contributed by atoms with E-state index in [0.29, 0.717) is 5.96 Å². The van der Waals surface area contributed by atoms with E-state index in [9.17, 15) is 5.11 Å². The first-order chi connectivity index (χ1) is 10.7. The third-order valence-electron chi connectivity index (χ3n) is 4.03. The maximum atomic E-state index is 9.46. The fourth-order valence-electron chi connectivity index (χ4n) is 2.67. The second-order valence-electron chi connectivity index (χ2n) is 5.86. The first kappa shape index (κ1) is 20.2. The number of guanidine groups is 1. The van der Waals surface area contributed by atoms with E-state index in [-0.39, 0.29) is 30.1 Å². The number of aliphatic hydroxyl groups is 1. The van der Waals surface area contributed by atoms with Gasteiger partial charge in [-0.25, -0.2) is 0 Å². The molecule has 5 nitrogen and oxygen atoms in total. The van der Waals surface area contributed by atoms with Crippen LogP contribution in [0.5, 0.6) is 0 Å². The van der Waals surface area contributed by atoms with Gasteiger partial charge in [0.1, 0.15) is 0 Å². The molecular weight excluding hydrogens is 403 g/mol. The van der Waals surface area contributed by atoms with Gasteiger partial charge in [0.05, 0.1) is 6.10 Å². The van der Waals surface area contributed by atoms with Gasteiger partial charge >= 0.3 is 0 Å². The Morgan fingerprint density at radius 3 is 2.65 bits per heavy atom. The molecule has 1 aromatic rings. The Labute approximate surface area is 156 Å². The van der Waals surface area contributed by atoms with Crippen LogP contribution in [0.1, 0.15) is 24.8 Å². The summed E-state index contributed by atoms with van der Waals surface area (Å²) in [5, 5.41) is 12.6. The highest BCUT2D eigenvalue weighted by Gasteiger charge is 2.15. The summed E-state index contributed by atoms with van der Waals surface area (Å²) in [6.07, 6.45) is 3.65. The van der Waals surface area contributed by atoms with Gasteiger partial charge in [0, 0.05) is 26.2 Å². The Hall–Kier alpha value is -0.860. The molecule has 130 valence electrons. The minimum absolute atomic E-state index is 0. The van der Waals surface area contributed by atoms with Gasteiger partial charge in [0.15, 0.2) is 5.96 Å². The number of nitrogens with zero attached hydrogens (tertiary/aromatic N) is 2. The SMILES string of the molecule is I.NC(=NCCCN1CCC(O)CC1)NCCc1ccccc1. The number of hydrogen-bond donors (Lipinski definition) is 3. The third kappa shape index (κ3) is 8.53. The summed E-state index contributed by atoms with van der Waals surface area (Å²) in [5.74, 6) is 0.532. The number of halogens is 1. The van der Waals surface area contributed by atoms with Crippen LogP contribution < -0.4 is 11.1 Å². The van der Waals surface area contributed by atoms with Crippen LogP contribution in [-0.4, -0.2) is 54.8 Å². The quantitative estimate of drug-likeness (QED) is 0.265. The Morgan fingerprint density at radius 2 is 1.96 bits per heavy atom. The van der Waals surface area contributed by atoms with Crippen molar-refractivity contribution in [3.8, 4) is 0 Å². The van der Waals surface area contributed by atoms with Crippen LogP contribution in [0.3, 0.4) is 0 Å². The lowest BCUT2D eigenvalue weighted by atomic mass is 10.1. The molecular formula is C17H29IN4O. The van der Waals surface area contributed by atoms with E-state index in [1.165, 1.54) is 5.56 Å². The van der Waals surface area contributed by atoms with E-state index in [1.54, 1.807) is 0 Å². The molecule has 0 bridgehead atoms. The van der Waals surface area contributed by atoms with Crippen LogP contribution in [0.15, 0.2) is 35.3 Å². The maximum absolute atomic E-state index is 9.46. The highest BCUT2D eigenvalue weighted by Crippen LogP contribution is 2.09. The lowest BCUT2D eigenvalue weighted by Crippen LogP contribution is -2.37. The minimum atomic E-state index is -0.0984. The van der Waals surface area contributed by atoms with Gasteiger partial charge in [-0.3, -0.25) is 4.99 Å². The fraction of sp³-hybridized carbons (Fsp3) is 0.588. The number of aliphatic imine (C=N–C) groups is 1. The van der Waals surface area contributed by atoms with E-state index in [2.05, 4.69) is 27.3 Å². The van der Waals surface area contributed by atoms with Crippen molar-refractivity contribution in [2.45, 2.75) is 31.8 Å². The number of likely N-dealkylation sites (tertiary alicyclic amines) is 1. The zero-order valence-electron chi connectivity index (χ0n) is 13.7. The molecule has 0 amide bonds. The number of aliphatic hydroxyl groups excluding tert-OH is 1. The number of piperidine rings is 1. The summed E-state index contributed by atoms with van der Waals surface area (Å²) >= 11 is 0. The highest BCUT2D eigenvalue weighted by atomic mass is 127. The van der Waals surface area contributed by atoms with Crippen molar-refractivity contribution in [1.29, 1.82) is 0 Å². The summed E-state index contributed by atoms with van der Waals surface area (Å²) < 4.78 is 0. The molecule has 2 rings (SSSR count). The van der Waals surface area contributed by atoms with Gasteiger partial charge in [-0.15, -0.1) is 24.0 Å². The molecule has 0 atom stereocenters. The Morgan fingerprint density at radius 1 is 1.26 bits per heavy atom. The standard InChI is InChI=1S/C17H28N4O.HI/c18-17(20-11-7-15-5-2-1-3-6-15)19-10-4-12-21-13-8-16(22)9-14-21;/h1-3,5-6,16,22H,4,7-14H2,(H3,18,19,20);1H. The largest absolute Gasteiger partial charge is 0.393 e. The smallest absolute Gasteiger partial charge is 0.188 e. The molecule has 0 unspecified atom stereocenters. The molecule has 23 heavy (non-hydrogen) atoms. The van der Waals surface area contributed by atoms with Gasteiger partial charge in [-0.05, 0) is 37.8 Å². The zero-order chi connectivity index (χ0) is 15.6. The fourth-order valence-corrected chi connectivity index (χ4v) is 2.67. The summed E-state index contributed by atoms with van der Waals surface area (Å²) in [6.45, 7) is 4.59. The predicted octanol–water partition coefficient (Wildman–Crippen LogP) is 1.60. The van der Waals surface area contributed by atoms with Crippen LogP contribution in [-0.2, 0) is 6.42 Å².